The molecule has 0 amide bonds. The normalized spacial score (nSPS) is 18.9. The maximum atomic E-state index is 6.24. The molecule has 4 heteroatoms. The third kappa shape index (κ3) is 3.02. The van der Waals surface area contributed by atoms with E-state index in [9.17, 15) is 0 Å². The third-order valence-electron chi connectivity index (χ3n) is 3.04. The summed E-state index contributed by atoms with van der Waals surface area (Å²) in [6.45, 7) is 7.92. The first-order valence-electron chi connectivity index (χ1n) is 5.74. The maximum absolute atomic E-state index is 6.24. The van der Waals surface area contributed by atoms with Crippen LogP contribution < -0.4 is 5.32 Å². The highest BCUT2D eigenvalue weighted by molar-refractivity contribution is 6.33. The molecule has 0 bridgehead atoms. The van der Waals surface area contributed by atoms with Crippen LogP contribution in [-0.2, 0) is 0 Å². The first kappa shape index (κ1) is 12.9. The SMILES string of the molecule is C=C[C@H](c1cc(Cl)ccc1Cl)N1CCNCC1. The summed E-state index contributed by atoms with van der Waals surface area (Å²) in [5.74, 6) is 0. The average Bonchev–Trinajstić information content (AvgIpc) is 2.36. The number of hydrogen-bond donors (Lipinski definition) is 1. The second-order valence-corrected chi connectivity index (χ2v) is 4.98. The zero-order valence-electron chi connectivity index (χ0n) is 9.63. The predicted molar refractivity (Wildman–Crippen MR) is 73.8 cm³/mol. The summed E-state index contributed by atoms with van der Waals surface area (Å²) in [5.41, 5.74) is 1.04. The Hall–Kier alpha value is -0.540. The van der Waals surface area contributed by atoms with Gasteiger partial charge in [0.25, 0.3) is 0 Å². The topological polar surface area (TPSA) is 15.3 Å². The van der Waals surface area contributed by atoms with Crippen LogP contribution in [0.1, 0.15) is 11.6 Å². The predicted octanol–water partition coefficient (Wildman–Crippen LogP) is 3.13. The van der Waals surface area contributed by atoms with E-state index in [2.05, 4.69) is 16.8 Å². The minimum Gasteiger partial charge on any atom is -0.314 e. The zero-order chi connectivity index (χ0) is 12.3. The third-order valence-corrected chi connectivity index (χ3v) is 3.62. The van der Waals surface area contributed by atoms with Gasteiger partial charge in [0.2, 0.25) is 0 Å². The van der Waals surface area contributed by atoms with Crippen LogP contribution in [-0.4, -0.2) is 31.1 Å². The van der Waals surface area contributed by atoms with E-state index < -0.39 is 0 Å². The van der Waals surface area contributed by atoms with E-state index in [0.29, 0.717) is 5.02 Å². The Labute approximate surface area is 112 Å². The summed E-state index contributed by atoms with van der Waals surface area (Å²) >= 11 is 12.3. The van der Waals surface area contributed by atoms with E-state index in [0.717, 1.165) is 36.8 Å². The Morgan fingerprint density at radius 2 is 2.00 bits per heavy atom. The number of nitrogens with zero attached hydrogens (tertiary/aromatic N) is 1. The monoisotopic (exact) mass is 270 g/mol. The fourth-order valence-corrected chi connectivity index (χ4v) is 2.58. The Morgan fingerprint density at radius 3 is 2.65 bits per heavy atom. The molecule has 1 atom stereocenters. The van der Waals surface area contributed by atoms with Gasteiger partial charge in [-0.2, -0.15) is 0 Å². The lowest BCUT2D eigenvalue weighted by atomic mass is 10.0. The van der Waals surface area contributed by atoms with E-state index in [1.165, 1.54) is 0 Å². The molecule has 0 aliphatic carbocycles. The molecule has 1 aromatic rings. The van der Waals surface area contributed by atoms with Gasteiger partial charge in [0, 0.05) is 36.2 Å². The molecule has 0 spiro atoms. The molecule has 2 rings (SSSR count). The van der Waals surface area contributed by atoms with E-state index in [1.807, 2.05) is 24.3 Å². The van der Waals surface area contributed by atoms with Gasteiger partial charge in [0.1, 0.15) is 0 Å². The summed E-state index contributed by atoms with van der Waals surface area (Å²) in [7, 11) is 0. The smallest absolute Gasteiger partial charge is 0.0545 e. The van der Waals surface area contributed by atoms with Crippen molar-refractivity contribution < 1.29 is 0 Å². The molecule has 2 nitrogen and oxygen atoms in total. The average molecular weight is 271 g/mol. The lowest BCUT2D eigenvalue weighted by Gasteiger charge is -2.33. The molecule has 0 saturated carbocycles. The van der Waals surface area contributed by atoms with Gasteiger partial charge < -0.3 is 5.32 Å². The summed E-state index contributed by atoms with van der Waals surface area (Å²) in [6, 6.07) is 5.73. The van der Waals surface area contributed by atoms with Crippen molar-refractivity contribution in [1.82, 2.24) is 10.2 Å². The van der Waals surface area contributed by atoms with Crippen molar-refractivity contribution in [2.75, 3.05) is 26.2 Å². The molecule has 1 saturated heterocycles. The van der Waals surface area contributed by atoms with Crippen molar-refractivity contribution in [2.24, 2.45) is 0 Å². The van der Waals surface area contributed by atoms with Crippen molar-refractivity contribution in [2.45, 2.75) is 6.04 Å². The van der Waals surface area contributed by atoms with Gasteiger partial charge in [-0.25, -0.2) is 0 Å². The molecule has 0 radical (unpaired) electrons. The number of nitrogens with one attached hydrogen (secondary N) is 1. The van der Waals surface area contributed by atoms with Crippen molar-refractivity contribution in [3.63, 3.8) is 0 Å². The highest BCUT2D eigenvalue weighted by Crippen LogP contribution is 2.30. The largest absolute Gasteiger partial charge is 0.314 e. The van der Waals surface area contributed by atoms with Crippen LogP contribution in [0.5, 0.6) is 0 Å². The van der Waals surface area contributed by atoms with Crippen LogP contribution in [0.2, 0.25) is 10.0 Å². The first-order chi connectivity index (χ1) is 8.22. The minimum atomic E-state index is 0.142. The first-order valence-corrected chi connectivity index (χ1v) is 6.50. The van der Waals surface area contributed by atoms with Gasteiger partial charge in [0.05, 0.1) is 6.04 Å². The molecule has 1 fully saturated rings. The molecule has 0 unspecified atom stereocenters. The van der Waals surface area contributed by atoms with E-state index in [4.69, 9.17) is 23.2 Å². The van der Waals surface area contributed by atoms with Crippen LogP contribution in [0.4, 0.5) is 0 Å². The number of piperazine rings is 1. The van der Waals surface area contributed by atoms with Crippen molar-refractivity contribution in [3.8, 4) is 0 Å². The molecule has 1 heterocycles. The van der Waals surface area contributed by atoms with Gasteiger partial charge in [-0.1, -0.05) is 29.3 Å². The number of rotatable bonds is 3. The Balaban J connectivity index is 2.27. The summed E-state index contributed by atoms with van der Waals surface area (Å²) < 4.78 is 0. The fourth-order valence-electron chi connectivity index (χ4n) is 2.17. The van der Waals surface area contributed by atoms with Crippen molar-refractivity contribution in [1.29, 1.82) is 0 Å². The van der Waals surface area contributed by atoms with Crippen LogP contribution >= 0.6 is 23.2 Å². The zero-order valence-corrected chi connectivity index (χ0v) is 11.1. The molecule has 92 valence electrons. The second kappa shape index (κ2) is 5.87. The summed E-state index contributed by atoms with van der Waals surface area (Å²) in [4.78, 5) is 2.36. The highest BCUT2D eigenvalue weighted by atomic mass is 35.5. The lowest BCUT2D eigenvalue weighted by Crippen LogP contribution is -2.44. The highest BCUT2D eigenvalue weighted by Gasteiger charge is 2.21. The van der Waals surface area contributed by atoms with Crippen LogP contribution in [0.15, 0.2) is 30.9 Å². The maximum Gasteiger partial charge on any atom is 0.0545 e. The van der Waals surface area contributed by atoms with E-state index >= 15 is 0 Å². The number of hydrogen-bond acceptors (Lipinski definition) is 2. The molecule has 1 aromatic carbocycles. The fraction of sp³-hybridized carbons (Fsp3) is 0.385. The quantitative estimate of drug-likeness (QED) is 0.850. The molecule has 1 aliphatic heterocycles. The molecular weight excluding hydrogens is 255 g/mol. The standard InChI is InChI=1S/C13H16Cl2N2/c1-2-13(17-7-5-16-6-8-17)11-9-10(14)3-4-12(11)15/h2-4,9,13,16H,1,5-8H2/t13-/m1/s1. The van der Waals surface area contributed by atoms with Gasteiger partial charge in [-0.15, -0.1) is 6.58 Å². The second-order valence-electron chi connectivity index (χ2n) is 4.13. The number of halogens is 2. The van der Waals surface area contributed by atoms with E-state index in [1.54, 1.807) is 0 Å². The molecule has 0 aromatic heterocycles. The lowest BCUT2D eigenvalue weighted by molar-refractivity contribution is 0.203. The molecule has 17 heavy (non-hydrogen) atoms. The van der Waals surface area contributed by atoms with Crippen molar-refractivity contribution >= 4 is 23.2 Å². The van der Waals surface area contributed by atoms with Crippen LogP contribution in [0.25, 0.3) is 0 Å². The van der Waals surface area contributed by atoms with Gasteiger partial charge in [0.15, 0.2) is 0 Å². The Bertz CT molecular complexity index is 400. The van der Waals surface area contributed by atoms with Crippen LogP contribution in [0.3, 0.4) is 0 Å². The molecular formula is C13H16Cl2N2. The van der Waals surface area contributed by atoms with Gasteiger partial charge in [-0.05, 0) is 23.8 Å². The van der Waals surface area contributed by atoms with Crippen molar-refractivity contribution in [3.05, 3.63) is 46.5 Å². The Morgan fingerprint density at radius 1 is 1.29 bits per heavy atom. The number of benzene rings is 1. The van der Waals surface area contributed by atoms with Crippen LogP contribution in [0, 0.1) is 0 Å². The van der Waals surface area contributed by atoms with Gasteiger partial charge in [-0.3, -0.25) is 4.90 Å². The minimum absolute atomic E-state index is 0.142. The van der Waals surface area contributed by atoms with E-state index in [-0.39, 0.29) is 6.04 Å². The van der Waals surface area contributed by atoms with Gasteiger partial charge >= 0.3 is 0 Å². The molecule has 1 aliphatic rings. The summed E-state index contributed by atoms with van der Waals surface area (Å²) in [5, 5.41) is 4.80. The molecule has 1 N–H and O–H groups in total. The summed E-state index contributed by atoms with van der Waals surface area (Å²) in [6.07, 6.45) is 1.93. The Kier molecular flexibility index (Phi) is 4.46.